The Labute approximate surface area is 114 Å². The van der Waals surface area contributed by atoms with E-state index >= 15 is 0 Å². The summed E-state index contributed by atoms with van der Waals surface area (Å²) in [6.45, 7) is 18.7. The molecule has 0 rings (SSSR count). The zero-order valence-corrected chi connectivity index (χ0v) is 13.8. The van der Waals surface area contributed by atoms with Crippen molar-refractivity contribution >= 4 is 5.91 Å². The molecule has 0 aromatic carbocycles. The molecule has 18 heavy (non-hydrogen) atoms. The van der Waals surface area contributed by atoms with Crippen molar-refractivity contribution in [3.05, 3.63) is 0 Å². The molecule has 0 radical (unpaired) electrons. The summed E-state index contributed by atoms with van der Waals surface area (Å²) in [7, 11) is 1.90. The van der Waals surface area contributed by atoms with Gasteiger partial charge in [-0.05, 0) is 34.6 Å². The molecule has 1 amide bonds. The fourth-order valence-corrected chi connectivity index (χ4v) is 2.30. The van der Waals surface area contributed by atoms with E-state index in [0.29, 0.717) is 6.04 Å². The Balaban J connectivity index is 4.51. The van der Waals surface area contributed by atoms with Crippen molar-refractivity contribution < 1.29 is 4.79 Å². The first kappa shape index (κ1) is 17.4. The Morgan fingerprint density at radius 3 is 1.72 bits per heavy atom. The highest BCUT2D eigenvalue weighted by atomic mass is 16.2. The van der Waals surface area contributed by atoms with Gasteiger partial charge in [0.2, 0.25) is 5.91 Å². The summed E-state index contributed by atoms with van der Waals surface area (Å²) in [5.41, 5.74) is -0.154. The summed E-state index contributed by atoms with van der Waals surface area (Å²) in [4.78, 5) is 16.4. The smallest absolute Gasteiger partial charge is 0.227 e. The maximum Gasteiger partial charge on any atom is 0.227 e. The van der Waals surface area contributed by atoms with Crippen LogP contribution in [-0.4, -0.2) is 47.4 Å². The van der Waals surface area contributed by atoms with E-state index in [4.69, 9.17) is 0 Å². The Morgan fingerprint density at radius 1 is 1.00 bits per heavy atom. The van der Waals surface area contributed by atoms with Gasteiger partial charge in [-0.1, -0.05) is 20.8 Å². The Hall–Kier alpha value is -0.570. The molecular weight excluding hydrogens is 224 g/mol. The molecule has 3 heteroatoms. The lowest BCUT2D eigenvalue weighted by atomic mass is 9.95. The molecule has 0 heterocycles. The maximum absolute atomic E-state index is 12.1. The normalized spacial score (nSPS) is 13.3. The second-order valence-corrected chi connectivity index (χ2v) is 7.43. The van der Waals surface area contributed by atoms with Crippen molar-refractivity contribution in [1.82, 2.24) is 9.80 Å². The third-order valence-electron chi connectivity index (χ3n) is 3.15. The van der Waals surface area contributed by atoms with Crippen molar-refractivity contribution in [1.29, 1.82) is 0 Å². The average Bonchev–Trinajstić information content (AvgIpc) is 2.12. The zero-order chi connectivity index (χ0) is 14.7. The van der Waals surface area contributed by atoms with Crippen LogP contribution in [0.15, 0.2) is 0 Å². The topological polar surface area (TPSA) is 23.6 Å². The molecule has 0 saturated carbocycles. The quantitative estimate of drug-likeness (QED) is 0.772. The van der Waals surface area contributed by atoms with Crippen LogP contribution in [0.3, 0.4) is 0 Å². The van der Waals surface area contributed by atoms with Gasteiger partial charge in [0.25, 0.3) is 0 Å². The van der Waals surface area contributed by atoms with Crippen LogP contribution in [0.1, 0.15) is 55.4 Å². The molecular formula is C15H32N2O. The molecule has 0 atom stereocenters. The number of nitrogens with zero attached hydrogens (tertiary/aromatic N) is 2. The van der Waals surface area contributed by atoms with Crippen LogP contribution in [0.2, 0.25) is 0 Å². The molecule has 0 aliphatic heterocycles. The van der Waals surface area contributed by atoms with E-state index < -0.39 is 0 Å². The summed E-state index contributed by atoms with van der Waals surface area (Å²) in [5, 5.41) is 0. The average molecular weight is 256 g/mol. The second-order valence-electron chi connectivity index (χ2n) is 7.43. The predicted octanol–water partition coefficient (Wildman–Crippen LogP) is 3.00. The van der Waals surface area contributed by atoms with E-state index in [1.165, 1.54) is 0 Å². The molecule has 0 fully saturated rings. The molecule has 0 saturated heterocycles. The molecule has 0 bridgehead atoms. The van der Waals surface area contributed by atoms with Gasteiger partial charge >= 0.3 is 0 Å². The minimum Gasteiger partial charge on any atom is -0.344 e. The van der Waals surface area contributed by atoms with Gasteiger partial charge in [0.05, 0.1) is 0 Å². The highest BCUT2D eigenvalue weighted by Crippen LogP contribution is 2.19. The molecule has 108 valence electrons. The summed E-state index contributed by atoms with van der Waals surface area (Å²) >= 11 is 0. The van der Waals surface area contributed by atoms with Crippen molar-refractivity contribution in [2.75, 3.05) is 20.1 Å². The molecule has 3 nitrogen and oxygen atoms in total. The van der Waals surface area contributed by atoms with Crippen LogP contribution in [0, 0.1) is 5.41 Å². The maximum atomic E-state index is 12.1. The van der Waals surface area contributed by atoms with Gasteiger partial charge in [0.1, 0.15) is 0 Å². The van der Waals surface area contributed by atoms with Crippen LogP contribution < -0.4 is 0 Å². The number of carbonyl (C=O) groups is 1. The fourth-order valence-electron chi connectivity index (χ4n) is 2.30. The van der Waals surface area contributed by atoms with Gasteiger partial charge in [-0.3, -0.25) is 9.69 Å². The van der Waals surface area contributed by atoms with Crippen LogP contribution in [-0.2, 0) is 4.79 Å². The van der Waals surface area contributed by atoms with E-state index in [2.05, 4.69) is 39.5 Å². The lowest BCUT2D eigenvalue weighted by molar-refractivity contribution is -0.138. The van der Waals surface area contributed by atoms with Gasteiger partial charge in [-0.15, -0.1) is 0 Å². The number of carbonyl (C=O) groups excluding carboxylic acids is 1. The van der Waals surface area contributed by atoms with E-state index in [1.807, 2.05) is 32.7 Å². The number of likely N-dealkylation sites (N-methyl/N-ethyl adjacent to an activating group) is 1. The van der Waals surface area contributed by atoms with Gasteiger partial charge in [-0.2, -0.15) is 0 Å². The highest BCUT2D eigenvalue weighted by molar-refractivity contribution is 5.81. The number of hydrogen-bond acceptors (Lipinski definition) is 2. The Kier molecular flexibility index (Phi) is 5.86. The monoisotopic (exact) mass is 256 g/mol. The summed E-state index contributed by atoms with van der Waals surface area (Å²) in [5.74, 6) is 0.208. The van der Waals surface area contributed by atoms with Crippen molar-refractivity contribution in [2.45, 2.75) is 67.0 Å². The van der Waals surface area contributed by atoms with E-state index in [0.717, 1.165) is 13.1 Å². The minimum atomic E-state index is -0.293. The SMILES string of the molecule is CC(C)N(CCN(C)C(=O)C(C)(C)C)C(C)(C)C. The molecule has 0 aromatic heterocycles. The van der Waals surface area contributed by atoms with E-state index in [9.17, 15) is 4.79 Å². The van der Waals surface area contributed by atoms with Crippen LogP contribution in [0.4, 0.5) is 0 Å². The lowest BCUT2D eigenvalue weighted by Gasteiger charge is -2.40. The third kappa shape index (κ3) is 5.38. The van der Waals surface area contributed by atoms with Gasteiger partial charge in [0.15, 0.2) is 0 Å². The Morgan fingerprint density at radius 2 is 1.44 bits per heavy atom. The molecule has 0 aliphatic carbocycles. The number of amides is 1. The number of hydrogen-bond donors (Lipinski definition) is 0. The van der Waals surface area contributed by atoms with Crippen molar-refractivity contribution in [3.63, 3.8) is 0 Å². The standard InChI is InChI=1S/C15H32N2O/c1-12(2)17(15(6,7)8)11-10-16(9)13(18)14(3,4)5/h12H,10-11H2,1-9H3. The summed E-state index contributed by atoms with van der Waals surface area (Å²) < 4.78 is 0. The van der Waals surface area contributed by atoms with Gasteiger partial charge in [0, 0.05) is 37.1 Å². The third-order valence-corrected chi connectivity index (χ3v) is 3.15. The summed E-state index contributed by atoms with van der Waals surface area (Å²) in [6, 6.07) is 0.489. The highest BCUT2D eigenvalue weighted by Gasteiger charge is 2.27. The first-order valence-corrected chi connectivity index (χ1v) is 6.89. The van der Waals surface area contributed by atoms with Crippen molar-refractivity contribution in [2.24, 2.45) is 5.41 Å². The predicted molar refractivity (Wildman–Crippen MR) is 78.7 cm³/mol. The molecule has 0 aromatic rings. The van der Waals surface area contributed by atoms with Gasteiger partial charge in [-0.25, -0.2) is 0 Å². The van der Waals surface area contributed by atoms with Crippen LogP contribution >= 0.6 is 0 Å². The van der Waals surface area contributed by atoms with Gasteiger partial charge < -0.3 is 4.90 Å². The van der Waals surface area contributed by atoms with Crippen molar-refractivity contribution in [3.8, 4) is 0 Å². The lowest BCUT2D eigenvalue weighted by Crippen LogP contribution is -2.50. The number of rotatable bonds is 4. The summed E-state index contributed by atoms with van der Waals surface area (Å²) in [6.07, 6.45) is 0. The van der Waals surface area contributed by atoms with Crippen LogP contribution in [0.5, 0.6) is 0 Å². The zero-order valence-electron chi connectivity index (χ0n) is 13.8. The van der Waals surface area contributed by atoms with E-state index in [-0.39, 0.29) is 16.9 Å². The first-order chi connectivity index (χ1) is 7.87. The van der Waals surface area contributed by atoms with E-state index in [1.54, 1.807) is 0 Å². The molecule has 0 spiro atoms. The molecule has 0 unspecified atom stereocenters. The Bertz CT molecular complexity index is 271. The largest absolute Gasteiger partial charge is 0.344 e. The molecule has 0 aliphatic rings. The molecule has 0 N–H and O–H groups in total. The second kappa shape index (κ2) is 6.05. The fraction of sp³-hybridized carbons (Fsp3) is 0.933. The minimum absolute atomic E-state index is 0.139. The van der Waals surface area contributed by atoms with Crippen LogP contribution in [0.25, 0.3) is 0 Å². The first-order valence-electron chi connectivity index (χ1n) is 6.89.